The Balaban J connectivity index is 3.23. The lowest BCUT2D eigenvalue weighted by Gasteiger charge is -2.20. The summed E-state index contributed by atoms with van der Waals surface area (Å²) in [6.07, 6.45) is 0. The highest BCUT2D eigenvalue weighted by atomic mass is 16.5. The molecule has 0 heterocycles. The van der Waals surface area contributed by atoms with E-state index in [0.717, 1.165) is 5.56 Å². The fourth-order valence-electron chi connectivity index (χ4n) is 1.66. The average Bonchev–Trinajstić information content (AvgIpc) is 2.48. The number of esters is 2. The van der Waals surface area contributed by atoms with E-state index in [1.54, 1.807) is 24.3 Å². The molecule has 0 fully saturated rings. The van der Waals surface area contributed by atoms with Crippen LogP contribution in [-0.4, -0.2) is 25.2 Å². The van der Waals surface area contributed by atoms with Crippen molar-refractivity contribution in [2.24, 2.45) is 0 Å². The maximum atomic E-state index is 11.9. The quantitative estimate of drug-likeness (QED) is 0.791. The molecule has 6 nitrogen and oxygen atoms in total. The zero-order valence-electron chi connectivity index (χ0n) is 12.7. The van der Waals surface area contributed by atoms with Crippen molar-refractivity contribution in [3.05, 3.63) is 34.9 Å². The van der Waals surface area contributed by atoms with E-state index in [9.17, 15) is 9.59 Å². The molecule has 0 amide bonds. The molecule has 114 valence electrons. The van der Waals surface area contributed by atoms with E-state index in [1.165, 1.54) is 6.07 Å². The number of nitriles is 2. The minimum absolute atomic E-state index is 0.159. The minimum Gasteiger partial charge on any atom is -0.447 e. The van der Waals surface area contributed by atoms with Crippen molar-refractivity contribution in [1.29, 1.82) is 10.5 Å². The van der Waals surface area contributed by atoms with Gasteiger partial charge in [0.1, 0.15) is 12.1 Å². The summed E-state index contributed by atoms with van der Waals surface area (Å²) in [5.41, 5.74) is 0.747. The van der Waals surface area contributed by atoms with E-state index in [0.29, 0.717) is 0 Å². The summed E-state index contributed by atoms with van der Waals surface area (Å²) in [6.45, 7) is 5.05. The van der Waals surface area contributed by atoms with Crippen LogP contribution in [0.15, 0.2) is 18.2 Å². The zero-order chi connectivity index (χ0) is 16.8. The number of benzene rings is 1. The molecular weight excluding hydrogens is 284 g/mol. The third-order valence-corrected chi connectivity index (χ3v) is 2.81. The third-order valence-electron chi connectivity index (χ3n) is 2.81. The molecule has 22 heavy (non-hydrogen) atoms. The molecule has 0 saturated carbocycles. The topological polar surface area (TPSA) is 100 Å². The standard InChI is InChI=1S/C16H16N2O4/c1-16(2,3)13-9-11(14(19)21-6-4-17)8-12(10-13)15(20)22-7-5-18/h8-10H,6-7H2,1-3H3. The molecule has 6 heteroatoms. The Hall–Kier alpha value is -2.86. The SMILES string of the molecule is CC(C)(C)c1cc(C(=O)OCC#N)cc(C(=O)OCC#N)c1. The normalized spacial score (nSPS) is 10.2. The van der Waals surface area contributed by atoms with Gasteiger partial charge in [0.25, 0.3) is 0 Å². The van der Waals surface area contributed by atoms with Gasteiger partial charge in [0.05, 0.1) is 11.1 Å². The maximum absolute atomic E-state index is 11.9. The van der Waals surface area contributed by atoms with E-state index in [4.69, 9.17) is 20.0 Å². The Morgan fingerprint density at radius 3 is 1.68 bits per heavy atom. The third kappa shape index (κ3) is 4.60. The molecule has 0 radical (unpaired) electrons. The van der Waals surface area contributed by atoms with Gasteiger partial charge in [-0.25, -0.2) is 9.59 Å². The van der Waals surface area contributed by atoms with Crippen molar-refractivity contribution in [3.63, 3.8) is 0 Å². The lowest BCUT2D eigenvalue weighted by Crippen LogP contribution is -2.16. The van der Waals surface area contributed by atoms with E-state index >= 15 is 0 Å². The van der Waals surface area contributed by atoms with Gasteiger partial charge in [-0.05, 0) is 29.2 Å². The van der Waals surface area contributed by atoms with Crippen LogP contribution in [0.5, 0.6) is 0 Å². The summed E-state index contributed by atoms with van der Waals surface area (Å²) < 4.78 is 9.51. The van der Waals surface area contributed by atoms with Gasteiger partial charge in [-0.15, -0.1) is 0 Å². The van der Waals surface area contributed by atoms with Crippen LogP contribution in [0.1, 0.15) is 47.1 Å². The van der Waals surface area contributed by atoms with Gasteiger partial charge < -0.3 is 9.47 Å². The second-order valence-electron chi connectivity index (χ2n) is 5.52. The lowest BCUT2D eigenvalue weighted by atomic mass is 9.85. The number of rotatable bonds is 4. The molecule has 0 bridgehead atoms. The molecule has 0 spiro atoms. The number of ether oxygens (including phenoxy) is 2. The molecule has 0 saturated heterocycles. The molecule has 0 atom stereocenters. The smallest absolute Gasteiger partial charge is 0.339 e. The number of hydrogen-bond donors (Lipinski definition) is 0. The number of hydrogen-bond acceptors (Lipinski definition) is 6. The molecule has 0 unspecified atom stereocenters. The summed E-state index contributed by atoms with van der Waals surface area (Å²) in [5.74, 6) is -1.39. The molecule has 0 aromatic heterocycles. The van der Waals surface area contributed by atoms with Crippen LogP contribution in [0.25, 0.3) is 0 Å². The maximum Gasteiger partial charge on any atom is 0.339 e. The molecule has 1 aromatic rings. The van der Waals surface area contributed by atoms with Crippen LogP contribution in [0, 0.1) is 22.7 Å². The lowest BCUT2D eigenvalue weighted by molar-refractivity contribution is 0.0553. The van der Waals surface area contributed by atoms with Crippen molar-refractivity contribution in [3.8, 4) is 12.1 Å². The van der Waals surface area contributed by atoms with Gasteiger partial charge in [0.15, 0.2) is 13.2 Å². The van der Waals surface area contributed by atoms with Crippen molar-refractivity contribution in [2.75, 3.05) is 13.2 Å². The van der Waals surface area contributed by atoms with Gasteiger partial charge in [0.2, 0.25) is 0 Å². The highest BCUT2D eigenvalue weighted by Gasteiger charge is 2.21. The molecular formula is C16H16N2O4. The van der Waals surface area contributed by atoms with Crippen molar-refractivity contribution in [2.45, 2.75) is 26.2 Å². The van der Waals surface area contributed by atoms with Gasteiger partial charge in [-0.3, -0.25) is 0 Å². The second kappa shape index (κ2) is 7.24. The van der Waals surface area contributed by atoms with Gasteiger partial charge in [-0.2, -0.15) is 10.5 Å². The molecule has 0 aliphatic heterocycles. The summed E-state index contributed by atoms with van der Waals surface area (Å²) in [4.78, 5) is 23.8. The van der Waals surface area contributed by atoms with Crippen molar-refractivity contribution >= 4 is 11.9 Å². The number of nitrogens with zero attached hydrogens (tertiary/aromatic N) is 2. The van der Waals surface area contributed by atoms with E-state index in [1.807, 2.05) is 20.8 Å². The molecule has 1 rings (SSSR count). The van der Waals surface area contributed by atoms with Crippen LogP contribution >= 0.6 is 0 Å². The van der Waals surface area contributed by atoms with Crippen LogP contribution in [0.2, 0.25) is 0 Å². The van der Waals surface area contributed by atoms with E-state index < -0.39 is 11.9 Å². The van der Waals surface area contributed by atoms with Crippen LogP contribution in [-0.2, 0) is 14.9 Å². The summed E-state index contributed by atoms with van der Waals surface area (Å²) >= 11 is 0. The summed E-state index contributed by atoms with van der Waals surface area (Å²) in [7, 11) is 0. The second-order valence-corrected chi connectivity index (χ2v) is 5.52. The summed E-state index contributed by atoms with van der Waals surface area (Å²) in [6, 6.07) is 7.97. The van der Waals surface area contributed by atoms with E-state index in [2.05, 4.69) is 0 Å². The highest BCUT2D eigenvalue weighted by Crippen LogP contribution is 2.25. The van der Waals surface area contributed by atoms with Crippen LogP contribution < -0.4 is 0 Å². The first-order valence-corrected chi connectivity index (χ1v) is 6.53. The minimum atomic E-state index is -0.693. The predicted molar refractivity (Wildman–Crippen MR) is 76.9 cm³/mol. The first-order chi connectivity index (χ1) is 10.3. The predicted octanol–water partition coefficient (Wildman–Crippen LogP) is 2.34. The highest BCUT2D eigenvalue weighted by molar-refractivity contribution is 5.95. The Bertz CT molecular complexity index is 612. The van der Waals surface area contributed by atoms with Gasteiger partial charge in [-0.1, -0.05) is 20.8 Å². The molecule has 0 aliphatic rings. The fourth-order valence-corrected chi connectivity index (χ4v) is 1.66. The average molecular weight is 300 g/mol. The van der Waals surface area contributed by atoms with E-state index in [-0.39, 0.29) is 29.8 Å². The van der Waals surface area contributed by atoms with Crippen LogP contribution in [0.3, 0.4) is 0 Å². The zero-order valence-corrected chi connectivity index (χ0v) is 12.7. The number of carbonyl (C=O) groups is 2. The Morgan fingerprint density at radius 1 is 0.955 bits per heavy atom. The Labute approximate surface area is 128 Å². The largest absolute Gasteiger partial charge is 0.447 e. The monoisotopic (exact) mass is 300 g/mol. The van der Waals surface area contributed by atoms with Gasteiger partial charge in [0, 0.05) is 0 Å². The Kier molecular flexibility index (Phi) is 5.65. The van der Waals surface area contributed by atoms with Crippen molar-refractivity contribution in [1.82, 2.24) is 0 Å². The fraction of sp³-hybridized carbons (Fsp3) is 0.375. The molecule has 1 aromatic carbocycles. The van der Waals surface area contributed by atoms with Crippen LogP contribution in [0.4, 0.5) is 0 Å². The molecule has 0 N–H and O–H groups in total. The van der Waals surface area contributed by atoms with Crippen molar-refractivity contribution < 1.29 is 19.1 Å². The van der Waals surface area contributed by atoms with Gasteiger partial charge >= 0.3 is 11.9 Å². The first-order valence-electron chi connectivity index (χ1n) is 6.53. The first kappa shape index (κ1) is 17.2. The number of carbonyl (C=O) groups excluding carboxylic acids is 2. The molecule has 0 aliphatic carbocycles. The summed E-state index contributed by atoms with van der Waals surface area (Å²) in [5, 5.41) is 16.9. The Morgan fingerprint density at radius 2 is 1.36 bits per heavy atom.